The molecule has 132 valence electrons. The fraction of sp³-hybridized carbons (Fsp3) is 0.778. The van der Waals surface area contributed by atoms with Gasteiger partial charge >= 0.3 is 0 Å². The van der Waals surface area contributed by atoms with Crippen LogP contribution in [0.3, 0.4) is 0 Å². The van der Waals surface area contributed by atoms with Crippen LogP contribution in [0.15, 0.2) is 12.3 Å². The molecule has 6 heteroatoms. The highest BCUT2D eigenvalue weighted by atomic mass is 16.5. The highest BCUT2D eigenvalue weighted by molar-refractivity contribution is 5.44. The number of nitrogens with zero attached hydrogens (tertiary/aromatic N) is 5. The number of piperidine rings is 1. The van der Waals surface area contributed by atoms with Crippen molar-refractivity contribution in [2.75, 3.05) is 68.8 Å². The summed E-state index contributed by atoms with van der Waals surface area (Å²) >= 11 is 0. The van der Waals surface area contributed by atoms with Gasteiger partial charge in [-0.3, -0.25) is 4.90 Å². The largest absolute Gasteiger partial charge is 0.379 e. The molecule has 0 aliphatic carbocycles. The number of aromatic nitrogens is 2. The van der Waals surface area contributed by atoms with Gasteiger partial charge in [-0.25, -0.2) is 4.98 Å². The lowest BCUT2D eigenvalue weighted by atomic mass is 9.97. The Hall–Kier alpha value is -1.40. The van der Waals surface area contributed by atoms with Crippen molar-refractivity contribution >= 4 is 11.8 Å². The lowest BCUT2D eigenvalue weighted by molar-refractivity contribution is 0.0296. The van der Waals surface area contributed by atoms with Crippen molar-refractivity contribution in [1.82, 2.24) is 14.9 Å². The summed E-state index contributed by atoms with van der Waals surface area (Å²) in [5, 5.41) is 0. The molecule has 1 atom stereocenters. The first-order valence-corrected chi connectivity index (χ1v) is 9.51. The molecular weight excluding hydrogens is 302 g/mol. The molecule has 1 aromatic heterocycles. The second-order valence-corrected chi connectivity index (χ2v) is 7.28. The molecule has 3 saturated heterocycles. The van der Waals surface area contributed by atoms with Gasteiger partial charge in [-0.2, -0.15) is 4.98 Å². The molecule has 0 radical (unpaired) electrons. The molecule has 24 heavy (non-hydrogen) atoms. The van der Waals surface area contributed by atoms with Gasteiger partial charge in [0.15, 0.2) is 0 Å². The zero-order valence-electron chi connectivity index (χ0n) is 14.6. The Bertz CT molecular complexity index is 528. The van der Waals surface area contributed by atoms with E-state index in [9.17, 15) is 0 Å². The Kier molecular flexibility index (Phi) is 5.13. The van der Waals surface area contributed by atoms with Crippen LogP contribution in [0.25, 0.3) is 0 Å². The SMILES string of the molecule is c1cc(N2CCCC2)nc(N2CCCC(CN3CCOCC3)C2)n1. The third-order valence-electron chi connectivity index (χ3n) is 5.48. The van der Waals surface area contributed by atoms with Crippen LogP contribution < -0.4 is 9.80 Å². The van der Waals surface area contributed by atoms with Crippen LogP contribution in [0.5, 0.6) is 0 Å². The molecule has 4 heterocycles. The van der Waals surface area contributed by atoms with E-state index in [1.807, 2.05) is 6.20 Å². The van der Waals surface area contributed by atoms with Gasteiger partial charge in [0.1, 0.15) is 5.82 Å². The highest BCUT2D eigenvalue weighted by Gasteiger charge is 2.25. The Morgan fingerprint density at radius 1 is 1.00 bits per heavy atom. The molecule has 3 aliphatic rings. The molecule has 0 amide bonds. The van der Waals surface area contributed by atoms with Gasteiger partial charge in [-0.1, -0.05) is 0 Å². The van der Waals surface area contributed by atoms with E-state index in [0.717, 1.165) is 70.2 Å². The zero-order chi connectivity index (χ0) is 16.2. The van der Waals surface area contributed by atoms with Crippen LogP contribution in [0, 0.1) is 5.92 Å². The van der Waals surface area contributed by atoms with Crippen molar-refractivity contribution in [3.05, 3.63) is 12.3 Å². The summed E-state index contributed by atoms with van der Waals surface area (Å²) in [5.74, 6) is 2.75. The topological polar surface area (TPSA) is 44.7 Å². The molecule has 1 unspecified atom stereocenters. The van der Waals surface area contributed by atoms with Gasteiger partial charge < -0.3 is 14.5 Å². The summed E-state index contributed by atoms with van der Waals surface area (Å²) in [7, 11) is 0. The second-order valence-electron chi connectivity index (χ2n) is 7.28. The van der Waals surface area contributed by atoms with Crippen LogP contribution in [0.2, 0.25) is 0 Å². The van der Waals surface area contributed by atoms with Crippen molar-refractivity contribution < 1.29 is 4.74 Å². The van der Waals surface area contributed by atoms with E-state index in [-0.39, 0.29) is 0 Å². The maximum absolute atomic E-state index is 5.46. The second kappa shape index (κ2) is 7.66. The van der Waals surface area contributed by atoms with Gasteiger partial charge in [0.05, 0.1) is 13.2 Å². The van der Waals surface area contributed by atoms with E-state index in [1.165, 1.54) is 32.2 Å². The Morgan fingerprint density at radius 2 is 1.79 bits per heavy atom. The third kappa shape index (κ3) is 3.81. The van der Waals surface area contributed by atoms with Crippen LogP contribution in [0.1, 0.15) is 25.7 Å². The number of morpholine rings is 1. The Morgan fingerprint density at radius 3 is 2.62 bits per heavy atom. The molecule has 1 aromatic rings. The van der Waals surface area contributed by atoms with Crippen molar-refractivity contribution in [3.8, 4) is 0 Å². The lowest BCUT2D eigenvalue weighted by Crippen LogP contribution is -2.45. The van der Waals surface area contributed by atoms with Crippen molar-refractivity contribution in [3.63, 3.8) is 0 Å². The minimum atomic E-state index is 0.718. The van der Waals surface area contributed by atoms with E-state index in [0.29, 0.717) is 0 Å². The lowest BCUT2D eigenvalue weighted by Gasteiger charge is -2.37. The van der Waals surface area contributed by atoms with Crippen molar-refractivity contribution in [1.29, 1.82) is 0 Å². The molecule has 3 fully saturated rings. The van der Waals surface area contributed by atoms with Crippen LogP contribution in [0.4, 0.5) is 11.8 Å². The highest BCUT2D eigenvalue weighted by Crippen LogP contribution is 2.24. The number of hydrogen-bond donors (Lipinski definition) is 0. The van der Waals surface area contributed by atoms with Crippen molar-refractivity contribution in [2.24, 2.45) is 5.92 Å². The number of rotatable bonds is 4. The minimum absolute atomic E-state index is 0.718. The fourth-order valence-corrected chi connectivity index (χ4v) is 4.16. The number of ether oxygens (including phenoxy) is 1. The summed E-state index contributed by atoms with van der Waals surface area (Å²) in [6.07, 6.45) is 7.06. The molecule has 4 rings (SSSR count). The summed E-state index contributed by atoms with van der Waals surface area (Å²) in [4.78, 5) is 16.8. The molecule has 0 aromatic carbocycles. The third-order valence-corrected chi connectivity index (χ3v) is 5.48. The van der Waals surface area contributed by atoms with Crippen LogP contribution >= 0.6 is 0 Å². The molecule has 0 N–H and O–H groups in total. The minimum Gasteiger partial charge on any atom is -0.379 e. The van der Waals surface area contributed by atoms with Gasteiger partial charge in [0.2, 0.25) is 5.95 Å². The summed E-state index contributed by atoms with van der Waals surface area (Å²) in [6.45, 7) is 9.56. The average molecular weight is 331 g/mol. The monoisotopic (exact) mass is 331 g/mol. The predicted octanol–water partition coefficient (Wildman–Crippen LogP) is 1.63. The van der Waals surface area contributed by atoms with E-state index in [2.05, 4.69) is 25.8 Å². The number of anilines is 2. The maximum atomic E-state index is 5.46. The Labute approximate surface area is 144 Å². The fourth-order valence-electron chi connectivity index (χ4n) is 4.16. The normalized spacial score (nSPS) is 26.1. The molecule has 6 nitrogen and oxygen atoms in total. The summed E-state index contributed by atoms with van der Waals surface area (Å²) in [5.41, 5.74) is 0. The first kappa shape index (κ1) is 16.1. The molecular formula is C18H29N5O. The number of hydrogen-bond acceptors (Lipinski definition) is 6. The molecule has 3 aliphatic heterocycles. The first-order chi connectivity index (χ1) is 11.9. The summed E-state index contributed by atoms with van der Waals surface area (Å²) < 4.78 is 5.46. The van der Waals surface area contributed by atoms with Crippen LogP contribution in [-0.2, 0) is 4.74 Å². The molecule has 0 spiro atoms. The van der Waals surface area contributed by atoms with E-state index in [4.69, 9.17) is 9.72 Å². The smallest absolute Gasteiger partial charge is 0.227 e. The first-order valence-electron chi connectivity index (χ1n) is 9.51. The van der Waals surface area contributed by atoms with E-state index >= 15 is 0 Å². The average Bonchev–Trinajstić information content (AvgIpc) is 3.18. The van der Waals surface area contributed by atoms with Gasteiger partial charge in [0, 0.05) is 52.0 Å². The van der Waals surface area contributed by atoms with E-state index in [1.54, 1.807) is 0 Å². The van der Waals surface area contributed by atoms with Gasteiger partial charge in [0.25, 0.3) is 0 Å². The van der Waals surface area contributed by atoms with Crippen molar-refractivity contribution in [2.45, 2.75) is 25.7 Å². The quantitative estimate of drug-likeness (QED) is 0.835. The molecule has 0 saturated carbocycles. The van der Waals surface area contributed by atoms with Crippen LogP contribution in [-0.4, -0.2) is 73.9 Å². The van der Waals surface area contributed by atoms with Gasteiger partial charge in [-0.15, -0.1) is 0 Å². The van der Waals surface area contributed by atoms with E-state index < -0.39 is 0 Å². The maximum Gasteiger partial charge on any atom is 0.227 e. The molecule has 0 bridgehead atoms. The van der Waals surface area contributed by atoms with Gasteiger partial charge in [-0.05, 0) is 37.7 Å². The predicted molar refractivity (Wildman–Crippen MR) is 95.7 cm³/mol. The Balaban J connectivity index is 1.39. The summed E-state index contributed by atoms with van der Waals surface area (Å²) in [6, 6.07) is 2.06. The zero-order valence-corrected chi connectivity index (χ0v) is 14.6. The standard InChI is InChI=1S/C18H29N5O/c1-2-8-22(7-1)17-5-6-19-18(20-17)23-9-3-4-16(15-23)14-21-10-12-24-13-11-21/h5-6,16H,1-4,7-15H2.